The highest BCUT2D eigenvalue weighted by Crippen LogP contribution is 2.07. The predicted molar refractivity (Wildman–Crippen MR) is 92.6 cm³/mol. The van der Waals surface area contributed by atoms with Gasteiger partial charge in [0.2, 0.25) is 5.91 Å². The highest BCUT2D eigenvalue weighted by Gasteiger charge is 2.20. The average Bonchev–Trinajstić information content (AvgIpc) is 3.08. The lowest BCUT2D eigenvalue weighted by Gasteiger charge is -2.36. The van der Waals surface area contributed by atoms with Crippen molar-refractivity contribution < 1.29 is 9.32 Å². The van der Waals surface area contributed by atoms with E-state index < -0.39 is 0 Å². The van der Waals surface area contributed by atoms with Crippen LogP contribution in [-0.2, 0) is 11.3 Å². The second-order valence-electron chi connectivity index (χ2n) is 6.17. The van der Waals surface area contributed by atoms with Gasteiger partial charge in [-0.2, -0.15) is 0 Å². The number of piperazine rings is 1. The molecule has 1 saturated heterocycles. The molecule has 2 rings (SSSR count). The first-order chi connectivity index (χ1) is 11.6. The van der Waals surface area contributed by atoms with E-state index in [1.54, 1.807) is 13.3 Å². The molecule has 1 aromatic rings. The summed E-state index contributed by atoms with van der Waals surface area (Å²) in [6.45, 7) is 9.60. The first-order valence-corrected chi connectivity index (χ1v) is 8.45. The van der Waals surface area contributed by atoms with Crippen LogP contribution in [0, 0.1) is 5.92 Å². The van der Waals surface area contributed by atoms with Crippen LogP contribution in [0.4, 0.5) is 0 Å². The third kappa shape index (κ3) is 5.52. The van der Waals surface area contributed by atoms with Crippen LogP contribution in [0.3, 0.4) is 0 Å². The molecule has 8 nitrogen and oxygen atoms in total. The molecule has 0 atom stereocenters. The van der Waals surface area contributed by atoms with E-state index in [1.807, 2.05) is 19.9 Å². The normalized spacial score (nSPS) is 16.5. The number of hydrogen-bond acceptors (Lipinski definition) is 5. The zero-order chi connectivity index (χ0) is 17.4. The van der Waals surface area contributed by atoms with E-state index in [9.17, 15) is 4.79 Å². The number of nitrogens with zero attached hydrogens (tertiary/aromatic N) is 4. The third-order valence-electron chi connectivity index (χ3n) is 3.99. The molecule has 1 fully saturated rings. The fourth-order valence-electron chi connectivity index (χ4n) is 2.56. The topological polar surface area (TPSA) is 86.0 Å². The lowest BCUT2D eigenvalue weighted by atomic mass is 10.2. The molecule has 2 N–H and O–H groups in total. The molecule has 0 aliphatic carbocycles. The van der Waals surface area contributed by atoms with E-state index >= 15 is 0 Å². The lowest BCUT2D eigenvalue weighted by Crippen LogP contribution is -2.53. The maximum Gasteiger partial charge on any atom is 0.222 e. The number of hydrogen-bond donors (Lipinski definition) is 2. The fourth-order valence-corrected chi connectivity index (χ4v) is 2.56. The van der Waals surface area contributed by atoms with Crippen molar-refractivity contribution in [2.24, 2.45) is 10.9 Å². The summed E-state index contributed by atoms with van der Waals surface area (Å²) in [5.74, 6) is 0.977. The Morgan fingerprint density at radius 2 is 2.00 bits per heavy atom. The summed E-state index contributed by atoms with van der Waals surface area (Å²) in [6.07, 6.45) is 1.61. The molecule has 0 radical (unpaired) electrons. The van der Waals surface area contributed by atoms with Crippen molar-refractivity contribution in [3.63, 3.8) is 0 Å². The summed E-state index contributed by atoms with van der Waals surface area (Å²) >= 11 is 0. The second-order valence-corrected chi connectivity index (χ2v) is 6.17. The van der Waals surface area contributed by atoms with Gasteiger partial charge in [0, 0.05) is 64.8 Å². The summed E-state index contributed by atoms with van der Waals surface area (Å²) < 4.78 is 4.87. The summed E-state index contributed by atoms with van der Waals surface area (Å²) in [7, 11) is 1.79. The molecular weight excluding hydrogens is 308 g/mol. The molecule has 1 aliphatic rings. The molecule has 1 aromatic heterocycles. The van der Waals surface area contributed by atoms with Crippen LogP contribution < -0.4 is 10.6 Å². The van der Waals surface area contributed by atoms with E-state index in [-0.39, 0.29) is 11.8 Å². The number of nitrogens with one attached hydrogen (secondary N) is 2. The minimum atomic E-state index is 0.0158. The fraction of sp³-hybridized carbons (Fsp3) is 0.688. The summed E-state index contributed by atoms with van der Waals surface area (Å²) in [6, 6.07) is 1.90. The molecule has 1 aliphatic heterocycles. The van der Waals surface area contributed by atoms with Crippen molar-refractivity contribution in [2.45, 2.75) is 20.4 Å². The predicted octanol–water partition coefficient (Wildman–Crippen LogP) is 0.140. The smallest absolute Gasteiger partial charge is 0.222 e. The van der Waals surface area contributed by atoms with Gasteiger partial charge in [0.05, 0.1) is 5.69 Å². The van der Waals surface area contributed by atoms with Gasteiger partial charge < -0.3 is 20.1 Å². The van der Waals surface area contributed by atoms with Crippen molar-refractivity contribution in [1.29, 1.82) is 0 Å². The van der Waals surface area contributed by atoms with Crippen LogP contribution in [0.2, 0.25) is 0 Å². The number of guanidine groups is 1. The van der Waals surface area contributed by atoms with Gasteiger partial charge in [-0.15, -0.1) is 0 Å². The van der Waals surface area contributed by atoms with E-state index in [2.05, 4.69) is 30.6 Å². The van der Waals surface area contributed by atoms with Crippen molar-refractivity contribution in [2.75, 3.05) is 46.3 Å². The molecule has 8 heteroatoms. The quantitative estimate of drug-likeness (QED) is 0.437. The largest absolute Gasteiger partial charge is 0.364 e. The molecule has 1 amide bonds. The summed E-state index contributed by atoms with van der Waals surface area (Å²) in [4.78, 5) is 20.5. The monoisotopic (exact) mass is 336 g/mol. The third-order valence-corrected chi connectivity index (χ3v) is 3.99. The minimum Gasteiger partial charge on any atom is -0.364 e. The zero-order valence-electron chi connectivity index (χ0n) is 14.8. The van der Waals surface area contributed by atoms with Gasteiger partial charge in [-0.3, -0.25) is 14.7 Å². The molecule has 0 bridgehead atoms. The van der Waals surface area contributed by atoms with Crippen LogP contribution in [0.1, 0.15) is 19.5 Å². The molecule has 0 aromatic carbocycles. The average molecular weight is 336 g/mol. The Balaban J connectivity index is 1.68. The van der Waals surface area contributed by atoms with Gasteiger partial charge in [-0.25, -0.2) is 0 Å². The van der Waals surface area contributed by atoms with Crippen LogP contribution >= 0.6 is 0 Å². The highest BCUT2D eigenvalue weighted by atomic mass is 16.5. The standard InChI is InChI=1S/C16H28N6O2/c1-13(2)15(23)18-5-6-19-16(17-3)22-9-7-21(8-10-22)12-14-4-11-24-20-14/h4,11,13H,5-10,12H2,1-3H3,(H,17,19)(H,18,23). The first kappa shape index (κ1) is 18.3. The van der Waals surface area contributed by atoms with Gasteiger partial charge in [-0.05, 0) is 0 Å². The van der Waals surface area contributed by atoms with Gasteiger partial charge in [0.1, 0.15) is 6.26 Å². The lowest BCUT2D eigenvalue weighted by molar-refractivity contribution is -0.123. The molecule has 134 valence electrons. The van der Waals surface area contributed by atoms with Crippen LogP contribution in [-0.4, -0.2) is 73.1 Å². The molecule has 0 unspecified atom stereocenters. The zero-order valence-corrected chi connectivity index (χ0v) is 14.8. The molecule has 0 saturated carbocycles. The number of amides is 1. The van der Waals surface area contributed by atoms with Gasteiger partial charge in [0.25, 0.3) is 0 Å². The van der Waals surface area contributed by atoms with E-state index in [4.69, 9.17) is 4.52 Å². The first-order valence-electron chi connectivity index (χ1n) is 8.45. The number of aliphatic imine (C=N–C) groups is 1. The van der Waals surface area contributed by atoms with E-state index in [0.29, 0.717) is 13.1 Å². The Morgan fingerprint density at radius 3 is 2.58 bits per heavy atom. The van der Waals surface area contributed by atoms with Gasteiger partial charge >= 0.3 is 0 Å². The Hall–Kier alpha value is -2.09. The number of aromatic nitrogens is 1. The Labute approximate surface area is 143 Å². The molecular formula is C16H28N6O2. The molecule has 2 heterocycles. The van der Waals surface area contributed by atoms with Crippen LogP contribution in [0.5, 0.6) is 0 Å². The van der Waals surface area contributed by atoms with Crippen molar-refractivity contribution in [3.8, 4) is 0 Å². The minimum absolute atomic E-state index is 0.0158. The number of carbonyl (C=O) groups excluding carboxylic acids is 1. The van der Waals surface area contributed by atoms with Gasteiger partial charge in [-0.1, -0.05) is 19.0 Å². The van der Waals surface area contributed by atoms with Crippen LogP contribution in [0.15, 0.2) is 21.8 Å². The second kappa shape index (κ2) is 9.27. The number of rotatable bonds is 6. The summed E-state index contributed by atoms with van der Waals surface area (Å²) in [5, 5.41) is 10.2. The Bertz CT molecular complexity index is 521. The molecule has 0 spiro atoms. The van der Waals surface area contributed by atoms with Gasteiger partial charge in [0.15, 0.2) is 5.96 Å². The number of carbonyl (C=O) groups is 1. The SMILES string of the molecule is CN=C(NCCNC(=O)C(C)C)N1CCN(Cc2ccon2)CC1. The Kier molecular flexibility index (Phi) is 7.05. The highest BCUT2D eigenvalue weighted by molar-refractivity contribution is 5.80. The van der Waals surface area contributed by atoms with Crippen molar-refractivity contribution in [3.05, 3.63) is 18.0 Å². The molecule has 24 heavy (non-hydrogen) atoms. The van der Waals surface area contributed by atoms with Crippen molar-refractivity contribution in [1.82, 2.24) is 25.6 Å². The van der Waals surface area contributed by atoms with Crippen molar-refractivity contribution >= 4 is 11.9 Å². The van der Waals surface area contributed by atoms with E-state index in [0.717, 1.165) is 44.4 Å². The maximum atomic E-state index is 11.5. The van der Waals surface area contributed by atoms with E-state index in [1.165, 1.54) is 0 Å². The maximum absolute atomic E-state index is 11.5. The van der Waals surface area contributed by atoms with Crippen LogP contribution in [0.25, 0.3) is 0 Å². The Morgan fingerprint density at radius 1 is 1.29 bits per heavy atom. The summed E-state index contributed by atoms with van der Waals surface area (Å²) in [5.41, 5.74) is 0.965.